The smallest absolute Gasteiger partial charge is 0.225 e. The number of hydrogen-bond donors (Lipinski definition) is 3. The molecule has 3 aromatic rings. The summed E-state index contributed by atoms with van der Waals surface area (Å²) in [5.41, 5.74) is 2.02. The second-order valence-electron chi connectivity index (χ2n) is 6.56. The van der Waals surface area contributed by atoms with Crippen LogP contribution < -0.4 is 10.6 Å². The van der Waals surface area contributed by atoms with Crippen LogP contribution in [-0.2, 0) is 6.42 Å². The monoisotopic (exact) mass is 400 g/mol. The van der Waals surface area contributed by atoms with Crippen LogP contribution in [0.2, 0.25) is 0 Å². The largest absolute Gasteiger partial charge is 0.367 e. The van der Waals surface area contributed by atoms with Crippen molar-refractivity contribution in [3.05, 3.63) is 40.9 Å². The highest BCUT2D eigenvalue weighted by atomic mass is 79.9. The Morgan fingerprint density at radius 2 is 2.20 bits per heavy atom. The van der Waals surface area contributed by atoms with Gasteiger partial charge in [-0.15, -0.1) is 0 Å². The molecule has 0 radical (unpaired) electrons. The number of rotatable bonds is 7. The van der Waals surface area contributed by atoms with Crippen molar-refractivity contribution in [2.45, 2.75) is 32.2 Å². The van der Waals surface area contributed by atoms with Crippen molar-refractivity contribution in [1.82, 2.24) is 19.9 Å². The van der Waals surface area contributed by atoms with Crippen molar-refractivity contribution in [1.29, 1.82) is 0 Å². The van der Waals surface area contributed by atoms with Crippen LogP contribution in [0.1, 0.15) is 25.5 Å². The number of anilines is 2. The number of halogens is 1. The maximum atomic E-state index is 4.73. The number of aromatic nitrogens is 4. The lowest BCUT2D eigenvalue weighted by Crippen LogP contribution is -2.19. The number of aromatic amines is 1. The number of benzene rings is 1. The van der Waals surface area contributed by atoms with Gasteiger partial charge in [0.05, 0.1) is 11.8 Å². The number of nitrogens with zero attached hydrogens (tertiary/aromatic N) is 3. The molecule has 0 amide bonds. The van der Waals surface area contributed by atoms with Crippen molar-refractivity contribution in [3.63, 3.8) is 0 Å². The first-order chi connectivity index (χ1) is 12.2. The molecule has 3 N–H and O–H groups in total. The Morgan fingerprint density at radius 1 is 1.32 bits per heavy atom. The third kappa shape index (κ3) is 3.76. The molecule has 1 aliphatic rings. The average Bonchev–Trinajstić information content (AvgIpc) is 3.33. The molecule has 0 aliphatic heterocycles. The van der Waals surface area contributed by atoms with Gasteiger partial charge in [0.2, 0.25) is 5.95 Å². The van der Waals surface area contributed by atoms with Gasteiger partial charge in [-0.25, -0.2) is 9.97 Å². The maximum absolute atomic E-state index is 4.73. The van der Waals surface area contributed by atoms with E-state index in [2.05, 4.69) is 54.5 Å². The van der Waals surface area contributed by atoms with Crippen molar-refractivity contribution >= 4 is 38.6 Å². The molecule has 1 atom stereocenters. The number of para-hydroxylation sites is 1. The highest BCUT2D eigenvalue weighted by molar-refractivity contribution is 9.10. The van der Waals surface area contributed by atoms with E-state index in [1.807, 2.05) is 18.3 Å². The van der Waals surface area contributed by atoms with Crippen LogP contribution in [0.3, 0.4) is 0 Å². The number of hydrogen-bond acceptors (Lipinski definition) is 5. The fraction of sp³-hybridized carbons (Fsp3) is 0.389. The molecule has 2 aromatic heterocycles. The minimum Gasteiger partial charge on any atom is -0.367 e. The van der Waals surface area contributed by atoms with Crippen molar-refractivity contribution in [2.75, 3.05) is 17.2 Å². The lowest BCUT2D eigenvalue weighted by molar-refractivity contribution is 0.691. The third-order valence-electron chi connectivity index (χ3n) is 4.60. The minimum atomic E-state index is 0.426. The van der Waals surface area contributed by atoms with E-state index in [1.165, 1.54) is 12.8 Å². The van der Waals surface area contributed by atoms with Crippen molar-refractivity contribution < 1.29 is 0 Å². The van der Waals surface area contributed by atoms with Crippen LogP contribution in [0.15, 0.2) is 35.2 Å². The molecule has 1 fully saturated rings. The van der Waals surface area contributed by atoms with Gasteiger partial charge in [0.1, 0.15) is 5.82 Å². The number of nitrogens with one attached hydrogen (secondary N) is 3. The minimum absolute atomic E-state index is 0.426. The quantitative estimate of drug-likeness (QED) is 0.558. The van der Waals surface area contributed by atoms with E-state index in [1.54, 1.807) is 6.33 Å². The van der Waals surface area contributed by atoms with Crippen LogP contribution in [0, 0.1) is 5.92 Å². The van der Waals surface area contributed by atoms with Crippen molar-refractivity contribution in [2.24, 2.45) is 5.92 Å². The summed E-state index contributed by atoms with van der Waals surface area (Å²) in [5.74, 6) is 2.30. The summed E-state index contributed by atoms with van der Waals surface area (Å²) in [6.45, 7) is 2.98. The third-order valence-corrected chi connectivity index (χ3v) is 5.24. The zero-order chi connectivity index (χ0) is 17.2. The molecule has 1 aliphatic carbocycles. The summed E-state index contributed by atoms with van der Waals surface area (Å²) < 4.78 is 0.978. The summed E-state index contributed by atoms with van der Waals surface area (Å²) in [6, 6.07) is 6.53. The van der Waals surface area contributed by atoms with E-state index in [-0.39, 0.29) is 0 Å². The van der Waals surface area contributed by atoms with Gasteiger partial charge in [0.15, 0.2) is 0 Å². The van der Waals surface area contributed by atoms with Gasteiger partial charge >= 0.3 is 0 Å². The fourth-order valence-corrected chi connectivity index (χ4v) is 3.42. The van der Waals surface area contributed by atoms with Gasteiger partial charge in [0.25, 0.3) is 0 Å². The molecule has 1 saturated carbocycles. The van der Waals surface area contributed by atoms with Gasteiger partial charge in [-0.3, -0.25) is 0 Å². The van der Waals surface area contributed by atoms with E-state index < -0.39 is 0 Å². The van der Waals surface area contributed by atoms with Gasteiger partial charge in [-0.1, -0.05) is 6.07 Å². The first kappa shape index (κ1) is 16.3. The molecule has 25 heavy (non-hydrogen) atoms. The average molecular weight is 401 g/mol. The van der Waals surface area contributed by atoms with E-state index in [0.29, 0.717) is 12.0 Å². The Hall–Kier alpha value is -2.15. The zero-order valence-electron chi connectivity index (χ0n) is 14.1. The molecule has 1 aromatic carbocycles. The van der Waals surface area contributed by atoms with Crippen LogP contribution >= 0.6 is 15.9 Å². The van der Waals surface area contributed by atoms with E-state index >= 15 is 0 Å². The molecular formula is C18H21BrN6. The van der Waals surface area contributed by atoms with Gasteiger partial charge in [0, 0.05) is 40.8 Å². The molecule has 1 unspecified atom stereocenters. The highest BCUT2D eigenvalue weighted by Crippen LogP contribution is 2.35. The molecule has 0 bridgehead atoms. The van der Waals surface area contributed by atoms with Crippen LogP contribution in [0.25, 0.3) is 10.9 Å². The highest BCUT2D eigenvalue weighted by Gasteiger charge is 2.28. The Labute approximate surface area is 155 Å². The number of imidazole rings is 1. The second kappa shape index (κ2) is 7.00. The number of fused-ring (bicyclic) bond motifs is 1. The SMILES string of the molecule is CC(Nc1nc(NCCc2cnc[nH]2)nc2c(Br)cccc12)C1CC1. The zero-order valence-corrected chi connectivity index (χ0v) is 15.7. The van der Waals surface area contributed by atoms with Gasteiger partial charge in [-0.05, 0) is 53.7 Å². The van der Waals surface area contributed by atoms with E-state index in [9.17, 15) is 0 Å². The van der Waals surface area contributed by atoms with Crippen molar-refractivity contribution in [3.8, 4) is 0 Å². The number of H-pyrrole nitrogens is 1. The predicted molar refractivity (Wildman–Crippen MR) is 104 cm³/mol. The Balaban J connectivity index is 1.58. The molecule has 7 heteroatoms. The first-order valence-corrected chi connectivity index (χ1v) is 9.44. The van der Waals surface area contributed by atoms with Gasteiger partial charge < -0.3 is 15.6 Å². The van der Waals surface area contributed by atoms with E-state index in [4.69, 9.17) is 4.98 Å². The molecule has 0 spiro atoms. The summed E-state index contributed by atoms with van der Waals surface area (Å²) in [7, 11) is 0. The molecule has 2 heterocycles. The molecule has 130 valence electrons. The maximum Gasteiger partial charge on any atom is 0.225 e. The summed E-state index contributed by atoms with van der Waals surface area (Å²) in [4.78, 5) is 16.6. The molecule has 0 saturated heterocycles. The fourth-order valence-electron chi connectivity index (χ4n) is 2.97. The predicted octanol–water partition coefficient (Wildman–Crippen LogP) is 3.98. The lowest BCUT2D eigenvalue weighted by atomic mass is 10.2. The van der Waals surface area contributed by atoms with Crippen LogP contribution in [-0.4, -0.2) is 32.5 Å². The second-order valence-corrected chi connectivity index (χ2v) is 7.41. The molecule has 6 nitrogen and oxygen atoms in total. The Kier molecular flexibility index (Phi) is 4.57. The Bertz CT molecular complexity index is 859. The lowest BCUT2D eigenvalue weighted by Gasteiger charge is -2.17. The Morgan fingerprint density at radius 3 is 2.96 bits per heavy atom. The van der Waals surface area contributed by atoms with E-state index in [0.717, 1.165) is 45.8 Å². The van der Waals surface area contributed by atoms with Crippen LogP contribution in [0.4, 0.5) is 11.8 Å². The normalized spacial score (nSPS) is 15.3. The topological polar surface area (TPSA) is 78.5 Å². The first-order valence-electron chi connectivity index (χ1n) is 8.64. The summed E-state index contributed by atoms with van der Waals surface area (Å²) in [6.07, 6.45) is 6.98. The molecular weight excluding hydrogens is 380 g/mol. The summed E-state index contributed by atoms with van der Waals surface area (Å²) in [5, 5.41) is 7.96. The standard InChI is InChI=1S/C18H21BrN6/c1-11(12-5-6-12)23-17-14-3-2-4-15(19)16(14)24-18(25-17)21-8-7-13-9-20-10-22-13/h2-4,9-12H,5-8H2,1H3,(H,20,22)(H2,21,23,24,25). The summed E-state index contributed by atoms with van der Waals surface area (Å²) >= 11 is 3.61. The van der Waals surface area contributed by atoms with Crippen LogP contribution in [0.5, 0.6) is 0 Å². The molecule has 4 rings (SSSR count). The van der Waals surface area contributed by atoms with Gasteiger partial charge in [-0.2, -0.15) is 4.98 Å².